The molecule has 1 aliphatic heterocycles. The summed E-state index contributed by atoms with van der Waals surface area (Å²) in [6.45, 7) is 2.86. The zero-order chi connectivity index (χ0) is 16.8. The number of halogens is 1. The van der Waals surface area contributed by atoms with Crippen molar-refractivity contribution in [1.29, 1.82) is 0 Å². The second kappa shape index (κ2) is 5.61. The Hall–Kier alpha value is -2.37. The Kier molecular flexibility index (Phi) is 3.55. The second-order valence-corrected chi connectivity index (χ2v) is 6.91. The van der Waals surface area contributed by atoms with Crippen molar-refractivity contribution in [3.05, 3.63) is 40.8 Å². The highest BCUT2D eigenvalue weighted by atomic mass is 19.1. The van der Waals surface area contributed by atoms with Crippen LogP contribution in [0.3, 0.4) is 0 Å². The third-order valence-corrected chi connectivity index (χ3v) is 5.18. The van der Waals surface area contributed by atoms with Gasteiger partial charge in [-0.05, 0) is 55.4 Å². The van der Waals surface area contributed by atoms with E-state index in [1.54, 1.807) is 6.07 Å². The van der Waals surface area contributed by atoms with Gasteiger partial charge in [0.2, 0.25) is 0 Å². The first-order chi connectivity index (χ1) is 11.5. The third-order valence-electron chi connectivity index (χ3n) is 5.18. The minimum Gasteiger partial charge on any atom is -0.385 e. The fourth-order valence-corrected chi connectivity index (χ4v) is 3.83. The Labute approximate surface area is 140 Å². The largest absolute Gasteiger partial charge is 0.385 e. The lowest BCUT2D eigenvalue weighted by Gasteiger charge is -2.25. The van der Waals surface area contributed by atoms with E-state index in [-0.39, 0.29) is 11.7 Å². The van der Waals surface area contributed by atoms with Gasteiger partial charge in [-0.3, -0.25) is 4.79 Å². The van der Waals surface area contributed by atoms with Crippen LogP contribution in [0.25, 0.3) is 0 Å². The number of rotatable bonds is 1. The van der Waals surface area contributed by atoms with Crippen LogP contribution in [-0.2, 0) is 12.8 Å². The highest BCUT2D eigenvalue weighted by Gasteiger charge is 2.32. The van der Waals surface area contributed by atoms with Crippen molar-refractivity contribution in [2.24, 2.45) is 5.92 Å². The lowest BCUT2D eigenvalue weighted by atomic mass is 9.89. The maximum absolute atomic E-state index is 13.7. The van der Waals surface area contributed by atoms with Crippen molar-refractivity contribution in [3.63, 3.8) is 0 Å². The summed E-state index contributed by atoms with van der Waals surface area (Å²) >= 11 is 0. The van der Waals surface area contributed by atoms with Crippen LogP contribution in [0, 0.1) is 11.7 Å². The van der Waals surface area contributed by atoms with Gasteiger partial charge in [-0.1, -0.05) is 6.92 Å². The molecule has 1 aliphatic carbocycles. The number of anilines is 2. The van der Waals surface area contributed by atoms with Crippen LogP contribution < -0.4 is 11.1 Å². The number of hydrogen-bond donors (Lipinski definition) is 2. The number of nitrogens with one attached hydrogen (secondary N) is 1. The normalized spacial score (nSPS) is 22.4. The number of carbonyl (C=O) groups excluding carboxylic acids is 1. The molecule has 2 aromatic rings. The molecule has 2 heterocycles. The molecule has 0 amide bonds. The average molecular weight is 328 g/mol. The molecule has 1 aromatic heterocycles. The maximum Gasteiger partial charge on any atom is 0.256 e. The molecule has 0 spiro atoms. The first-order valence-corrected chi connectivity index (χ1v) is 8.48. The van der Waals surface area contributed by atoms with Gasteiger partial charge < -0.3 is 11.1 Å². The van der Waals surface area contributed by atoms with Crippen LogP contribution in [0.2, 0.25) is 0 Å². The standard InChI is InChI=1S/C18H21FN4O/c1-10-2-4-13-16(8-10)22-23(17(13)20)18(24)12-6-7-21-15-5-3-11(19)9-14(12)15/h3,5,9-10,12,21H,2,4,6-8,20H2,1H3/t10?,12-/m1/s1. The maximum atomic E-state index is 13.7. The number of benzene rings is 1. The van der Waals surface area contributed by atoms with Crippen LogP contribution in [-0.4, -0.2) is 22.2 Å². The Morgan fingerprint density at radius 3 is 3.08 bits per heavy atom. The fraction of sp³-hybridized carbons (Fsp3) is 0.444. The van der Waals surface area contributed by atoms with Gasteiger partial charge in [-0.2, -0.15) is 9.78 Å². The van der Waals surface area contributed by atoms with Gasteiger partial charge in [0, 0.05) is 17.8 Å². The highest BCUT2D eigenvalue weighted by Crippen LogP contribution is 2.35. The van der Waals surface area contributed by atoms with Gasteiger partial charge in [0.1, 0.15) is 11.6 Å². The van der Waals surface area contributed by atoms with Crippen LogP contribution in [0.1, 0.15) is 47.3 Å². The van der Waals surface area contributed by atoms with Gasteiger partial charge in [0.25, 0.3) is 5.91 Å². The first kappa shape index (κ1) is 15.2. The van der Waals surface area contributed by atoms with Crippen LogP contribution in [0.15, 0.2) is 18.2 Å². The summed E-state index contributed by atoms with van der Waals surface area (Å²) in [6.07, 6.45) is 3.40. The molecular formula is C18H21FN4O. The summed E-state index contributed by atoms with van der Waals surface area (Å²) in [7, 11) is 0. The van der Waals surface area contributed by atoms with Gasteiger partial charge in [-0.15, -0.1) is 0 Å². The molecule has 2 aliphatic rings. The summed E-state index contributed by atoms with van der Waals surface area (Å²) in [5, 5.41) is 7.71. The number of aromatic nitrogens is 2. The predicted molar refractivity (Wildman–Crippen MR) is 90.7 cm³/mol. The number of nitrogen functional groups attached to an aromatic ring is 1. The quantitative estimate of drug-likeness (QED) is 0.844. The fourth-order valence-electron chi connectivity index (χ4n) is 3.83. The molecule has 6 heteroatoms. The Balaban J connectivity index is 1.72. The van der Waals surface area contributed by atoms with Gasteiger partial charge in [0.15, 0.2) is 0 Å². The van der Waals surface area contributed by atoms with Crippen molar-refractivity contribution in [1.82, 2.24) is 9.78 Å². The topological polar surface area (TPSA) is 72.9 Å². The Bertz CT molecular complexity index is 814. The molecule has 0 fully saturated rings. The van der Waals surface area contributed by atoms with Gasteiger partial charge in [0.05, 0.1) is 11.6 Å². The van der Waals surface area contributed by atoms with Gasteiger partial charge in [-0.25, -0.2) is 4.39 Å². The minimum absolute atomic E-state index is 0.164. The molecule has 126 valence electrons. The summed E-state index contributed by atoms with van der Waals surface area (Å²) in [4.78, 5) is 13.1. The zero-order valence-electron chi connectivity index (χ0n) is 13.7. The van der Waals surface area contributed by atoms with E-state index in [4.69, 9.17) is 5.73 Å². The summed E-state index contributed by atoms with van der Waals surface area (Å²) in [5.74, 6) is 0.0974. The average Bonchev–Trinajstić information content (AvgIpc) is 2.89. The highest BCUT2D eigenvalue weighted by molar-refractivity contribution is 5.90. The minimum atomic E-state index is -0.418. The van der Waals surface area contributed by atoms with Crippen LogP contribution in [0.5, 0.6) is 0 Å². The molecule has 0 saturated carbocycles. The zero-order valence-corrected chi connectivity index (χ0v) is 13.7. The molecule has 0 bridgehead atoms. The van der Waals surface area contributed by atoms with Crippen LogP contribution >= 0.6 is 0 Å². The second-order valence-electron chi connectivity index (χ2n) is 6.91. The van der Waals surface area contributed by atoms with Crippen molar-refractivity contribution < 1.29 is 9.18 Å². The first-order valence-electron chi connectivity index (χ1n) is 8.48. The third kappa shape index (κ3) is 2.37. The molecule has 24 heavy (non-hydrogen) atoms. The number of hydrogen-bond acceptors (Lipinski definition) is 4. The van der Waals surface area contributed by atoms with Crippen molar-refractivity contribution >= 4 is 17.4 Å². The Morgan fingerprint density at radius 2 is 2.25 bits per heavy atom. The number of carbonyl (C=O) groups is 1. The molecular weight excluding hydrogens is 307 g/mol. The monoisotopic (exact) mass is 328 g/mol. The van der Waals surface area contributed by atoms with E-state index in [2.05, 4.69) is 17.3 Å². The summed E-state index contributed by atoms with van der Waals surface area (Å²) in [5.41, 5.74) is 9.66. The molecule has 1 unspecified atom stereocenters. The van der Waals surface area contributed by atoms with E-state index in [1.807, 2.05) is 0 Å². The molecule has 4 rings (SSSR count). The molecule has 2 atom stereocenters. The lowest BCUT2D eigenvalue weighted by molar-refractivity contribution is 0.0859. The van der Waals surface area contributed by atoms with Crippen molar-refractivity contribution in [2.75, 3.05) is 17.6 Å². The lowest BCUT2D eigenvalue weighted by Crippen LogP contribution is -2.28. The van der Waals surface area contributed by atoms with E-state index in [1.165, 1.54) is 16.8 Å². The SMILES string of the molecule is CC1CCc2c(nn(C(=O)[C@@H]3CCNc4ccc(F)cc43)c2N)C1. The smallest absolute Gasteiger partial charge is 0.256 e. The van der Waals surface area contributed by atoms with Gasteiger partial charge >= 0.3 is 0 Å². The van der Waals surface area contributed by atoms with E-state index in [0.29, 0.717) is 30.3 Å². The molecule has 5 nitrogen and oxygen atoms in total. The van der Waals surface area contributed by atoms with E-state index in [0.717, 1.165) is 36.2 Å². The molecule has 1 aromatic carbocycles. The van der Waals surface area contributed by atoms with Crippen molar-refractivity contribution in [2.45, 2.75) is 38.5 Å². The van der Waals surface area contributed by atoms with E-state index in [9.17, 15) is 9.18 Å². The number of nitrogens with two attached hydrogens (primary N) is 1. The predicted octanol–water partition coefficient (Wildman–Crippen LogP) is 2.97. The number of nitrogens with zero attached hydrogens (tertiary/aromatic N) is 2. The van der Waals surface area contributed by atoms with E-state index < -0.39 is 5.92 Å². The molecule has 0 saturated heterocycles. The molecule has 0 radical (unpaired) electrons. The summed E-state index contributed by atoms with van der Waals surface area (Å²) in [6, 6.07) is 4.52. The molecule has 3 N–H and O–H groups in total. The Morgan fingerprint density at radius 1 is 1.42 bits per heavy atom. The van der Waals surface area contributed by atoms with E-state index >= 15 is 0 Å². The van der Waals surface area contributed by atoms with Crippen LogP contribution in [0.4, 0.5) is 15.9 Å². The summed E-state index contributed by atoms with van der Waals surface area (Å²) < 4.78 is 15.0. The van der Waals surface area contributed by atoms with Crippen molar-refractivity contribution in [3.8, 4) is 0 Å². The number of fused-ring (bicyclic) bond motifs is 2.